The summed E-state index contributed by atoms with van der Waals surface area (Å²) in [4.78, 5) is 44.7. The van der Waals surface area contributed by atoms with Crippen molar-refractivity contribution in [2.45, 2.75) is 49.0 Å². The lowest BCUT2D eigenvalue weighted by molar-refractivity contribution is -0.164. The standard InChI is InChI=1S/C16H24N2O16P2/c19-3-6-10(21)13(24)12(23)8(32-6)5-35(27,28)34-36(29,30)31-4-7-11(22)14(25)15(33-7)18-2-1-9(20)17-16(18)26/h1-2,5-7,10-15,19,21-25H,3-4H2,(H,27,28)(H,29,30)(H,17,20,26)/b8-5-/t6-,7-,10-,11-,12+,13+,14-,15-/m1/s1. The first-order chi connectivity index (χ1) is 16.7. The van der Waals surface area contributed by atoms with E-state index in [1.807, 2.05) is 4.98 Å². The van der Waals surface area contributed by atoms with E-state index in [4.69, 9.17) is 14.6 Å². The monoisotopic (exact) mass is 562 g/mol. The average molecular weight is 562 g/mol. The second-order valence-corrected chi connectivity index (χ2v) is 11.0. The number of ether oxygens (including phenoxy) is 2. The zero-order chi connectivity index (χ0) is 27.0. The summed E-state index contributed by atoms with van der Waals surface area (Å²) in [5.74, 6) is -0.685. The molecule has 0 bridgehead atoms. The predicted molar refractivity (Wildman–Crippen MR) is 112 cm³/mol. The van der Waals surface area contributed by atoms with E-state index in [1.54, 1.807) is 0 Å². The molecule has 0 amide bonds. The van der Waals surface area contributed by atoms with Crippen LogP contribution in [-0.2, 0) is 27.4 Å². The van der Waals surface area contributed by atoms with Gasteiger partial charge in [-0.25, -0.2) is 13.7 Å². The van der Waals surface area contributed by atoms with Gasteiger partial charge in [0.15, 0.2) is 6.23 Å². The normalized spacial score (nSPS) is 37.3. The Morgan fingerprint density at radius 3 is 2.28 bits per heavy atom. The maximum absolute atomic E-state index is 12.3. The van der Waals surface area contributed by atoms with Crippen molar-refractivity contribution in [1.82, 2.24) is 9.55 Å². The Bertz CT molecular complexity index is 1180. The number of phosphoric acid groups is 1. The molecule has 0 spiro atoms. The Morgan fingerprint density at radius 2 is 1.67 bits per heavy atom. The number of phosphoric ester groups is 1. The third-order valence-corrected chi connectivity index (χ3v) is 8.01. The van der Waals surface area contributed by atoms with Gasteiger partial charge in [-0.3, -0.25) is 23.4 Å². The average Bonchev–Trinajstić information content (AvgIpc) is 3.06. The van der Waals surface area contributed by atoms with E-state index in [1.165, 1.54) is 0 Å². The third kappa shape index (κ3) is 6.38. The second kappa shape index (κ2) is 10.9. The summed E-state index contributed by atoms with van der Waals surface area (Å²) in [5, 5.41) is 58.7. The number of hydrogen-bond donors (Lipinski definition) is 9. The summed E-state index contributed by atoms with van der Waals surface area (Å²) in [7, 11) is -10.7. The van der Waals surface area contributed by atoms with Crippen LogP contribution in [0.2, 0.25) is 0 Å². The Hall–Kier alpha value is -1.76. The van der Waals surface area contributed by atoms with Crippen LogP contribution >= 0.6 is 15.4 Å². The Labute approximate surface area is 200 Å². The van der Waals surface area contributed by atoms with Crippen molar-refractivity contribution in [1.29, 1.82) is 0 Å². The van der Waals surface area contributed by atoms with Crippen molar-refractivity contribution in [2.24, 2.45) is 0 Å². The number of hydrogen-bond acceptors (Lipinski definition) is 14. The predicted octanol–water partition coefficient (Wildman–Crippen LogP) is -4.21. The number of aromatic nitrogens is 2. The van der Waals surface area contributed by atoms with Crippen molar-refractivity contribution in [3.05, 3.63) is 44.7 Å². The van der Waals surface area contributed by atoms with Gasteiger partial charge in [0.25, 0.3) is 5.56 Å². The molecule has 2 saturated heterocycles. The van der Waals surface area contributed by atoms with Gasteiger partial charge in [-0.15, -0.1) is 0 Å². The minimum Gasteiger partial charge on any atom is -0.486 e. The summed E-state index contributed by atoms with van der Waals surface area (Å²) in [6, 6.07) is 0.937. The molecule has 9 N–H and O–H groups in total. The molecule has 20 heteroatoms. The minimum absolute atomic E-state index is 0.158. The van der Waals surface area contributed by atoms with Crippen LogP contribution in [0.5, 0.6) is 0 Å². The Morgan fingerprint density at radius 1 is 1.03 bits per heavy atom. The lowest BCUT2D eigenvalue weighted by atomic mass is 9.99. The molecule has 0 saturated carbocycles. The molecule has 1 aromatic rings. The van der Waals surface area contributed by atoms with Gasteiger partial charge in [0.05, 0.1) is 19.0 Å². The SMILES string of the molecule is O=c1ccn([C@@H]2O[C@H](COP(=O)(O)OP(=O)(O)/C=C3\O[C@H](CO)[C@@H](O)[C@H](O)[C@H]3O)[C@@H](O)[C@H]2O)c(=O)[nH]1. The van der Waals surface area contributed by atoms with Crippen LogP contribution in [-0.4, -0.2) is 106 Å². The molecular formula is C16H24N2O16P2. The highest BCUT2D eigenvalue weighted by Crippen LogP contribution is 2.61. The topological polar surface area (TPSA) is 288 Å². The van der Waals surface area contributed by atoms with Crippen LogP contribution < -0.4 is 11.2 Å². The zero-order valence-corrected chi connectivity index (χ0v) is 19.7. The first-order valence-corrected chi connectivity index (χ1v) is 13.2. The van der Waals surface area contributed by atoms with Crippen LogP contribution in [0.1, 0.15) is 6.23 Å². The lowest BCUT2D eigenvalue weighted by Gasteiger charge is -2.36. The molecule has 0 radical (unpaired) electrons. The number of rotatable bonds is 8. The quantitative estimate of drug-likeness (QED) is 0.136. The van der Waals surface area contributed by atoms with Crippen LogP contribution in [0, 0.1) is 0 Å². The summed E-state index contributed by atoms with van der Waals surface area (Å²) in [6.45, 7) is -1.85. The molecular weight excluding hydrogens is 538 g/mol. The minimum atomic E-state index is -5.40. The highest BCUT2D eigenvalue weighted by atomic mass is 31.3. The van der Waals surface area contributed by atoms with Crippen molar-refractivity contribution in [3.63, 3.8) is 0 Å². The van der Waals surface area contributed by atoms with Crippen LogP contribution in [0.15, 0.2) is 33.4 Å². The first kappa shape index (κ1) is 28.8. The molecule has 0 aliphatic carbocycles. The molecule has 2 aliphatic rings. The third-order valence-electron chi connectivity index (χ3n) is 5.19. The van der Waals surface area contributed by atoms with E-state index in [0.29, 0.717) is 0 Å². The summed E-state index contributed by atoms with van der Waals surface area (Å²) in [6.07, 6.45) is -12.9. The molecule has 2 unspecified atom stereocenters. The van der Waals surface area contributed by atoms with E-state index >= 15 is 0 Å². The van der Waals surface area contributed by atoms with Crippen molar-refractivity contribution in [2.75, 3.05) is 13.2 Å². The number of aliphatic hydroxyl groups is 6. The van der Waals surface area contributed by atoms with Gasteiger partial charge in [0, 0.05) is 12.3 Å². The van der Waals surface area contributed by atoms with Crippen LogP contribution in [0.4, 0.5) is 0 Å². The maximum Gasteiger partial charge on any atom is 0.479 e. The molecule has 10 atom stereocenters. The smallest absolute Gasteiger partial charge is 0.479 e. The highest BCUT2D eigenvalue weighted by Gasteiger charge is 2.46. The van der Waals surface area contributed by atoms with Gasteiger partial charge in [-0.2, -0.15) is 0 Å². The van der Waals surface area contributed by atoms with Crippen LogP contribution in [0.25, 0.3) is 0 Å². The number of aliphatic hydroxyl groups excluding tert-OH is 6. The van der Waals surface area contributed by atoms with E-state index in [2.05, 4.69) is 8.83 Å². The molecule has 36 heavy (non-hydrogen) atoms. The van der Waals surface area contributed by atoms with Gasteiger partial charge in [-0.05, 0) is 0 Å². The van der Waals surface area contributed by atoms with Gasteiger partial charge in [0.1, 0.15) is 48.5 Å². The molecule has 18 nitrogen and oxygen atoms in total. The van der Waals surface area contributed by atoms with E-state index < -0.39 is 94.6 Å². The summed E-state index contributed by atoms with van der Waals surface area (Å²) in [5.41, 5.74) is -1.73. The molecule has 2 aliphatic heterocycles. The van der Waals surface area contributed by atoms with Gasteiger partial charge in [-0.1, -0.05) is 0 Å². The molecule has 204 valence electrons. The molecule has 3 rings (SSSR count). The fourth-order valence-electron chi connectivity index (χ4n) is 3.39. The lowest BCUT2D eigenvalue weighted by Crippen LogP contribution is -2.53. The number of nitrogens with one attached hydrogen (secondary N) is 1. The summed E-state index contributed by atoms with van der Waals surface area (Å²) < 4.78 is 44.2. The van der Waals surface area contributed by atoms with E-state index in [9.17, 15) is 54.0 Å². The fraction of sp³-hybridized carbons (Fsp3) is 0.625. The van der Waals surface area contributed by atoms with Gasteiger partial charge in [0.2, 0.25) is 0 Å². The number of nitrogens with zero attached hydrogens (tertiary/aromatic N) is 1. The second-order valence-electron chi connectivity index (χ2n) is 7.77. The zero-order valence-electron chi connectivity index (χ0n) is 18.0. The van der Waals surface area contributed by atoms with Crippen LogP contribution in [0.3, 0.4) is 0 Å². The molecule has 2 fully saturated rings. The number of aromatic amines is 1. The molecule has 0 aromatic carbocycles. The molecule has 1 aromatic heterocycles. The molecule has 3 heterocycles. The van der Waals surface area contributed by atoms with E-state index in [-0.39, 0.29) is 5.82 Å². The fourth-order valence-corrected chi connectivity index (χ4v) is 5.82. The van der Waals surface area contributed by atoms with Gasteiger partial charge >= 0.3 is 21.1 Å². The largest absolute Gasteiger partial charge is 0.486 e. The van der Waals surface area contributed by atoms with Gasteiger partial charge < -0.3 is 49.9 Å². The van der Waals surface area contributed by atoms with Crippen molar-refractivity contribution < 1.29 is 67.9 Å². The summed E-state index contributed by atoms with van der Waals surface area (Å²) >= 11 is 0. The first-order valence-electron chi connectivity index (χ1n) is 10.0. The highest BCUT2D eigenvalue weighted by molar-refractivity contribution is 7.66. The number of H-pyrrole nitrogens is 1. The van der Waals surface area contributed by atoms with E-state index in [0.717, 1.165) is 16.8 Å². The maximum atomic E-state index is 12.3. The van der Waals surface area contributed by atoms with Crippen molar-refractivity contribution >= 4 is 15.4 Å². The Kier molecular flexibility index (Phi) is 8.74. The van der Waals surface area contributed by atoms with Crippen molar-refractivity contribution in [3.8, 4) is 0 Å². The Balaban J connectivity index is 1.67.